The number of nitrogens with one attached hydrogen (secondary N) is 1. The molecule has 2 aromatic carbocycles. The van der Waals surface area contributed by atoms with E-state index in [1.807, 2.05) is 4.90 Å². The molecule has 1 saturated heterocycles. The van der Waals surface area contributed by atoms with Crippen LogP contribution in [0.25, 0.3) is 0 Å². The van der Waals surface area contributed by atoms with E-state index >= 15 is 4.39 Å². The third kappa shape index (κ3) is 3.71. The first kappa shape index (κ1) is 20.9. The Morgan fingerprint density at radius 3 is 2.64 bits per heavy atom. The summed E-state index contributed by atoms with van der Waals surface area (Å²) in [6.45, 7) is 3.68. The van der Waals surface area contributed by atoms with E-state index in [-0.39, 0.29) is 28.2 Å². The quantitative estimate of drug-likeness (QED) is 0.816. The van der Waals surface area contributed by atoms with Crippen LogP contribution in [0, 0.1) is 0 Å². The van der Waals surface area contributed by atoms with Crippen molar-refractivity contribution < 1.29 is 17.5 Å². The van der Waals surface area contributed by atoms with Gasteiger partial charge < -0.3 is 15.0 Å². The van der Waals surface area contributed by atoms with Crippen LogP contribution in [0.1, 0.15) is 13.3 Å². The molecule has 0 aromatic heterocycles. The van der Waals surface area contributed by atoms with E-state index < -0.39 is 15.5 Å². The van der Waals surface area contributed by atoms with Crippen LogP contribution in [0.4, 0.5) is 10.1 Å². The van der Waals surface area contributed by atoms with Gasteiger partial charge in [-0.2, -0.15) is 0 Å². The van der Waals surface area contributed by atoms with Crippen molar-refractivity contribution in [2.45, 2.75) is 34.8 Å². The highest BCUT2D eigenvalue weighted by Gasteiger charge is 2.42. The Labute approximate surface area is 171 Å². The second-order valence-electron chi connectivity index (χ2n) is 7.25. The van der Waals surface area contributed by atoms with Gasteiger partial charge in [-0.05, 0) is 44.2 Å². The molecular formula is C20H24ClFN2O3S. The SMILES string of the molecule is CC1(F)CNCCC1N1CCOc2cc(S(=O)(=O)c3ccccc3)ccc21.Cl. The molecule has 2 unspecified atom stereocenters. The summed E-state index contributed by atoms with van der Waals surface area (Å²) in [6, 6.07) is 12.9. The summed E-state index contributed by atoms with van der Waals surface area (Å²) in [5.74, 6) is 0.493. The zero-order valence-corrected chi connectivity index (χ0v) is 17.2. The van der Waals surface area contributed by atoms with Crippen molar-refractivity contribution in [2.24, 2.45) is 0 Å². The maximum atomic E-state index is 15.1. The number of ether oxygens (including phenoxy) is 1. The number of anilines is 1. The molecule has 28 heavy (non-hydrogen) atoms. The number of benzene rings is 2. The summed E-state index contributed by atoms with van der Waals surface area (Å²) < 4.78 is 46.5. The minimum absolute atomic E-state index is 0. The highest BCUT2D eigenvalue weighted by atomic mass is 35.5. The van der Waals surface area contributed by atoms with E-state index in [1.54, 1.807) is 55.5 Å². The Balaban J connectivity index is 0.00000225. The smallest absolute Gasteiger partial charge is 0.206 e. The Morgan fingerprint density at radius 2 is 1.93 bits per heavy atom. The number of fused-ring (bicyclic) bond motifs is 1. The average molecular weight is 427 g/mol. The molecular weight excluding hydrogens is 403 g/mol. The molecule has 2 aromatic rings. The fourth-order valence-electron chi connectivity index (χ4n) is 3.92. The number of nitrogens with zero attached hydrogens (tertiary/aromatic N) is 1. The predicted octanol–water partition coefficient (Wildman–Crippen LogP) is 3.23. The minimum atomic E-state index is -3.62. The van der Waals surface area contributed by atoms with Crippen LogP contribution < -0.4 is 15.0 Å². The lowest BCUT2D eigenvalue weighted by Crippen LogP contribution is -2.59. The summed E-state index contributed by atoms with van der Waals surface area (Å²) in [5, 5.41) is 3.10. The third-order valence-corrected chi connectivity index (χ3v) is 7.10. The molecule has 1 fully saturated rings. The van der Waals surface area contributed by atoms with Crippen LogP contribution in [-0.2, 0) is 9.84 Å². The molecule has 2 aliphatic heterocycles. The largest absolute Gasteiger partial charge is 0.490 e. The maximum Gasteiger partial charge on any atom is 0.206 e. The molecule has 0 amide bonds. The van der Waals surface area contributed by atoms with E-state index in [4.69, 9.17) is 4.74 Å². The van der Waals surface area contributed by atoms with Crippen molar-refractivity contribution in [1.82, 2.24) is 5.32 Å². The monoisotopic (exact) mass is 426 g/mol. The molecule has 8 heteroatoms. The molecule has 0 saturated carbocycles. The van der Waals surface area contributed by atoms with E-state index in [0.29, 0.717) is 31.9 Å². The van der Waals surface area contributed by atoms with E-state index in [2.05, 4.69) is 5.32 Å². The van der Waals surface area contributed by atoms with Gasteiger partial charge in [0.25, 0.3) is 0 Å². The van der Waals surface area contributed by atoms with E-state index in [1.165, 1.54) is 0 Å². The number of sulfone groups is 1. The number of hydrogen-bond acceptors (Lipinski definition) is 5. The van der Waals surface area contributed by atoms with E-state index in [0.717, 1.165) is 12.2 Å². The molecule has 0 radical (unpaired) electrons. The fourth-order valence-corrected chi connectivity index (χ4v) is 5.22. The molecule has 152 valence electrons. The van der Waals surface area contributed by atoms with Crippen LogP contribution in [0.3, 0.4) is 0 Å². The average Bonchev–Trinajstić information content (AvgIpc) is 2.67. The number of piperidine rings is 1. The number of alkyl halides is 1. The van der Waals surface area contributed by atoms with E-state index in [9.17, 15) is 8.42 Å². The fraction of sp³-hybridized carbons (Fsp3) is 0.400. The number of halogens is 2. The first-order valence-corrected chi connectivity index (χ1v) is 10.6. The van der Waals surface area contributed by atoms with Gasteiger partial charge in [0.15, 0.2) is 0 Å². The molecule has 0 aliphatic carbocycles. The zero-order chi connectivity index (χ0) is 19.1. The normalized spacial score (nSPS) is 24.6. The van der Waals surface area contributed by atoms with Crippen molar-refractivity contribution >= 4 is 27.9 Å². The molecule has 4 rings (SSSR count). The highest BCUT2D eigenvalue weighted by molar-refractivity contribution is 7.91. The van der Waals surface area contributed by atoms with Gasteiger partial charge in [-0.3, -0.25) is 0 Å². The third-order valence-electron chi connectivity index (χ3n) is 5.33. The topological polar surface area (TPSA) is 58.6 Å². The number of hydrogen-bond donors (Lipinski definition) is 1. The summed E-state index contributed by atoms with van der Waals surface area (Å²) in [6.07, 6.45) is 0.691. The lowest BCUT2D eigenvalue weighted by Gasteiger charge is -2.45. The summed E-state index contributed by atoms with van der Waals surface area (Å²) in [4.78, 5) is 2.45. The summed E-state index contributed by atoms with van der Waals surface area (Å²) in [7, 11) is -3.62. The van der Waals surface area contributed by atoms with Crippen LogP contribution in [0.15, 0.2) is 58.3 Å². The first-order chi connectivity index (χ1) is 12.9. The van der Waals surface area contributed by atoms with Crippen molar-refractivity contribution in [3.05, 3.63) is 48.5 Å². The predicted molar refractivity (Wildman–Crippen MR) is 109 cm³/mol. The molecule has 0 spiro atoms. The second-order valence-corrected chi connectivity index (χ2v) is 9.20. The Hall–Kier alpha value is -1.83. The van der Waals surface area contributed by atoms with Gasteiger partial charge in [0, 0.05) is 12.6 Å². The molecule has 0 bridgehead atoms. The van der Waals surface area contributed by atoms with Crippen molar-refractivity contribution in [2.75, 3.05) is 31.1 Å². The van der Waals surface area contributed by atoms with Crippen LogP contribution in [-0.4, -0.2) is 46.4 Å². The molecule has 2 aliphatic rings. The van der Waals surface area contributed by atoms with Crippen LogP contribution in [0.5, 0.6) is 5.75 Å². The summed E-state index contributed by atoms with van der Waals surface area (Å²) >= 11 is 0. The van der Waals surface area contributed by atoms with Crippen molar-refractivity contribution in [3.63, 3.8) is 0 Å². The van der Waals surface area contributed by atoms with Gasteiger partial charge >= 0.3 is 0 Å². The van der Waals surface area contributed by atoms with Gasteiger partial charge in [-0.15, -0.1) is 12.4 Å². The summed E-state index contributed by atoms with van der Waals surface area (Å²) in [5.41, 5.74) is -0.606. The Kier molecular flexibility index (Phi) is 5.89. The standard InChI is InChI=1S/C20H23FN2O3S.ClH/c1-20(21)14-22-10-9-19(20)23-11-12-26-18-13-16(7-8-17(18)23)27(24,25)15-5-3-2-4-6-15;/h2-8,13,19,22H,9-12,14H2,1H3;1H. The van der Waals surface area contributed by atoms with Gasteiger partial charge in [0.05, 0.1) is 28.1 Å². The van der Waals surface area contributed by atoms with Gasteiger partial charge in [-0.1, -0.05) is 18.2 Å². The Morgan fingerprint density at radius 1 is 1.18 bits per heavy atom. The molecule has 2 atom stereocenters. The van der Waals surface area contributed by atoms with Gasteiger partial charge in [0.1, 0.15) is 18.0 Å². The van der Waals surface area contributed by atoms with Crippen LogP contribution in [0.2, 0.25) is 0 Å². The van der Waals surface area contributed by atoms with Crippen LogP contribution >= 0.6 is 12.4 Å². The van der Waals surface area contributed by atoms with Gasteiger partial charge in [-0.25, -0.2) is 12.8 Å². The molecule has 5 nitrogen and oxygen atoms in total. The highest BCUT2D eigenvalue weighted by Crippen LogP contribution is 2.39. The first-order valence-electron chi connectivity index (χ1n) is 9.13. The zero-order valence-electron chi connectivity index (χ0n) is 15.6. The van der Waals surface area contributed by atoms with Crippen molar-refractivity contribution in [1.29, 1.82) is 0 Å². The Bertz CT molecular complexity index is 938. The van der Waals surface area contributed by atoms with Gasteiger partial charge in [0.2, 0.25) is 9.84 Å². The number of rotatable bonds is 3. The molecule has 2 heterocycles. The lowest BCUT2D eigenvalue weighted by atomic mass is 9.90. The maximum absolute atomic E-state index is 15.1. The van der Waals surface area contributed by atoms with Crippen molar-refractivity contribution in [3.8, 4) is 5.75 Å². The minimum Gasteiger partial charge on any atom is -0.490 e. The second kappa shape index (κ2) is 7.89. The molecule has 1 N–H and O–H groups in total. The lowest BCUT2D eigenvalue weighted by molar-refractivity contribution is 0.107.